The lowest BCUT2D eigenvalue weighted by molar-refractivity contribution is -0.153. The van der Waals surface area contributed by atoms with Crippen molar-refractivity contribution in [2.45, 2.75) is 38.5 Å². The largest absolute Gasteiger partial charge is 0.369 e. The molecule has 2 aliphatic heterocycles. The van der Waals surface area contributed by atoms with Gasteiger partial charge in [-0.15, -0.1) is 0 Å². The van der Waals surface area contributed by atoms with Gasteiger partial charge in [0.2, 0.25) is 11.8 Å². The zero-order valence-corrected chi connectivity index (χ0v) is 15.8. The molecule has 27 heavy (non-hydrogen) atoms. The van der Waals surface area contributed by atoms with Crippen molar-refractivity contribution in [1.82, 2.24) is 9.80 Å². The van der Waals surface area contributed by atoms with Gasteiger partial charge in [-0.2, -0.15) is 0 Å². The Morgan fingerprint density at radius 2 is 1.44 bits per heavy atom. The molecule has 1 aliphatic carbocycles. The number of nitrogens with zero attached hydrogens (tertiary/aromatic N) is 3. The Morgan fingerprint density at radius 1 is 0.852 bits per heavy atom. The van der Waals surface area contributed by atoms with Crippen molar-refractivity contribution in [3.63, 3.8) is 0 Å². The second-order valence-electron chi connectivity index (χ2n) is 8.30. The van der Waals surface area contributed by atoms with Gasteiger partial charge < -0.3 is 4.90 Å². The number of rotatable bonds is 4. The predicted molar refractivity (Wildman–Crippen MR) is 102 cm³/mol. The number of carbonyl (C=O) groups excluding carboxylic acids is 2. The van der Waals surface area contributed by atoms with Crippen molar-refractivity contribution in [3.05, 3.63) is 30.1 Å². The van der Waals surface area contributed by atoms with Crippen molar-refractivity contribution < 1.29 is 14.0 Å². The number of benzene rings is 1. The van der Waals surface area contributed by atoms with E-state index in [1.165, 1.54) is 17.0 Å². The fraction of sp³-hybridized carbons (Fsp3) is 0.619. The minimum atomic E-state index is -0.215. The highest BCUT2D eigenvalue weighted by Crippen LogP contribution is 2.46. The Balaban J connectivity index is 1.26. The molecule has 4 rings (SSSR count). The van der Waals surface area contributed by atoms with Crippen LogP contribution in [-0.4, -0.2) is 60.9 Å². The van der Waals surface area contributed by atoms with E-state index in [1.807, 2.05) is 12.1 Å². The second kappa shape index (κ2) is 7.58. The highest BCUT2D eigenvalue weighted by molar-refractivity contribution is 5.98. The Labute approximate surface area is 160 Å². The summed E-state index contributed by atoms with van der Waals surface area (Å²) in [6.45, 7) is 4.76. The summed E-state index contributed by atoms with van der Waals surface area (Å²) in [4.78, 5) is 31.2. The van der Waals surface area contributed by atoms with Gasteiger partial charge in [-0.3, -0.25) is 19.4 Å². The van der Waals surface area contributed by atoms with Gasteiger partial charge >= 0.3 is 0 Å². The average molecular weight is 373 g/mol. The first kappa shape index (κ1) is 18.4. The third-order valence-corrected chi connectivity index (χ3v) is 6.52. The lowest BCUT2D eigenvalue weighted by Gasteiger charge is -2.39. The van der Waals surface area contributed by atoms with Crippen LogP contribution >= 0.6 is 0 Å². The van der Waals surface area contributed by atoms with Crippen molar-refractivity contribution in [3.8, 4) is 0 Å². The second-order valence-corrected chi connectivity index (χ2v) is 8.30. The monoisotopic (exact) mass is 373 g/mol. The molecular formula is C21H28FN3O2. The van der Waals surface area contributed by atoms with Crippen LogP contribution in [0, 0.1) is 11.2 Å². The minimum absolute atomic E-state index is 0.0224. The highest BCUT2D eigenvalue weighted by atomic mass is 19.1. The van der Waals surface area contributed by atoms with Crippen LogP contribution < -0.4 is 4.90 Å². The molecule has 2 amide bonds. The number of piperazine rings is 1. The lowest BCUT2D eigenvalue weighted by Crippen LogP contribution is -2.52. The van der Waals surface area contributed by atoms with Crippen molar-refractivity contribution in [2.75, 3.05) is 44.2 Å². The number of halogens is 1. The van der Waals surface area contributed by atoms with Gasteiger partial charge in [0, 0.05) is 57.8 Å². The number of hydrogen-bond donors (Lipinski definition) is 0. The summed E-state index contributed by atoms with van der Waals surface area (Å²) in [5.41, 5.74) is 1.02. The number of piperidine rings is 1. The molecule has 146 valence electrons. The summed E-state index contributed by atoms with van der Waals surface area (Å²) < 4.78 is 13.1. The Morgan fingerprint density at radius 3 is 2.04 bits per heavy atom. The molecular weight excluding hydrogens is 345 g/mol. The molecule has 0 radical (unpaired) electrons. The number of imide groups is 1. The van der Waals surface area contributed by atoms with Gasteiger partial charge in [-0.1, -0.05) is 12.8 Å². The maximum Gasteiger partial charge on any atom is 0.229 e. The summed E-state index contributed by atoms with van der Waals surface area (Å²) in [6, 6.07) is 6.61. The molecule has 1 aromatic carbocycles. The molecule has 2 heterocycles. The van der Waals surface area contributed by atoms with E-state index < -0.39 is 0 Å². The Kier molecular flexibility index (Phi) is 5.17. The quantitative estimate of drug-likeness (QED) is 0.761. The number of anilines is 1. The zero-order chi connectivity index (χ0) is 18.9. The molecule has 5 nitrogen and oxygen atoms in total. The zero-order valence-electron chi connectivity index (χ0n) is 15.8. The first-order valence-corrected chi connectivity index (χ1v) is 10.1. The summed E-state index contributed by atoms with van der Waals surface area (Å²) in [6.07, 6.45) is 5.47. The van der Waals surface area contributed by atoms with Crippen LogP contribution in [0.5, 0.6) is 0 Å². The van der Waals surface area contributed by atoms with Crippen molar-refractivity contribution >= 4 is 17.5 Å². The third-order valence-electron chi connectivity index (χ3n) is 6.52. The Hall–Kier alpha value is -1.95. The lowest BCUT2D eigenvalue weighted by atomic mass is 9.76. The first-order valence-electron chi connectivity index (χ1n) is 10.1. The summed E-state index contributed by atoms with van der Waals surface area (Å²) in [7, 11) is 0. The van der Waals surface area contributed by atoms with E-state index in [0.717, 1.165) is 64.1 Å². The summed E-state index contributed by atoms with van der Waals surface area (Å²) in [5.74, 6) is -0.163. The van der Waals surface area contributed by atoms with Crippen LogP contribution in [0.1, 0.15) is 38.5 Å². The SMILES string of the molecule is O=C1CC2(CCCC2)CC(=O)N1CCN1CCN(c2ccc(F)cc2)CC1. The first-order chi connectivity index (χ1) is 13.0. The van der Waals surface area contributed by atoms with Gasteiger partial charge in [-0.25, -0.2) is 4.39 Å². The van der Waals surface area contributed by atoms with Crippen molar-refractivity contribution in [2.24, 2.45) is 5.41 Å². The van der Waals surface area contributed by atoms with Crippen LogP contribution in [-0.2, 0) is 9.59 Å². The van der Waals surface area contributed by atoms with Crippen LogP contribution in [0.25, 0.3) is 0 Å². The van der Waals surface area contributed by atoms with E-state index in [9.17, 15) is 14.0 Å². The maximum absolute atomic E-state index is 13.1. The number of carbonyl (C=O) groups is 2. The molecule has 0 unspecified atom stereocenters. The number of amides is 2. The number of likely N-dealkylation sites (tertiary alicyclic amines) is 1. The van der Waals surface area contributed by atoms with Gasteiger partial charge in [0.1, 0.15) is 5.82 Å². The van der Waals surface area contributed by atoms with E-state index in [1.54, 1.807) is 0 Å². The predicted octanol–water partition coefficient (Wildman–Crippen LogP) is 2.66. The third kappa shape index (κ3) is 4.00. The molecule has 0 aromatic heterocycles. The van der Waals surface area contributed by atoms with E-state index in [4.69, 9.17) is 0 Å². The normalized spacial score (nSPS) is 23.4. The van der Waals surface area contributed by atoms with Crippen LogP contribution in [0.2, 0.25) is 0 Å². The molecule has 0 atom stereocenters. The van der Waals surface area contributed by atoms with Gasteiger partial charge in [0.05, 0.1) is 0 Å². The molecule has 2 saturated heterocycles. The van der Waals surface area contributed by atoms with Gasteiger partial charge in [-0.05, 0) is 42.5 Å². The molecule has 0 N–H and O–H groups in total. The fourth-order valence-corrected chi connectivity index (χ4v) is 4.89. The van der Waals surface area contributed by atoms with Crippen molar-refractivity contribution in [1.29, 1.82) is 0 Å². The van der Waals surface area contributed by atoms with E-state index in [-0.39, 0.29) is 23.0 Å². The topological polar surface area (TPSA) is 43.9 Å². The number of hydrogen-bond acceptors (Lipinski definition) is 4. The van der Waals surface area contributed by atoms with E-state index in [2.05, 4.69) is 9.80 Å². The minimum Gasteiger partial charge on any atom is -0.369 e. The molecule has 3 fully saturated rings. The molecule has 6 heteroatoms. The smallest absolute Gasteiger partial charge is 0.229 e. The Bertz CT molecular complexity index is 672. The van der Waals surface area contributed by atoms with E-state index >= 15 is 0 Å². The fourth-order valence-electron chi connectivity index (χ4n) is 4.89. The van der Waals surface area contributed by atoms with Crippen LogP contribution in [0.4, 0.5) is 10.1 Å². The molecule has 1 saturated carbocycles. The standard InChI is InChI=1S/C21H28FN3O2/c22-17-3-5-18(6-4-17)24-12-9-23(10-13-24)11-14-25-19(26)15-21(16-20(25)27)7-1-2-8-21/h3-6H,1-2,7-16H2. The van der Waals surface area contributed by atoms with Crippen LogP contribution in [0.3, 0.4) is 0 Å². The highest BCUT2D eigenvalue weighted by Gasteiger charge is 2.44. The molecule has 0 bridgehead atoms. The van der Waals surface area contributed by atoms with Gasteiger partial charge in [0.15, 0.2) is 0 Å². The summed E-state index contributed by atoms with van der Waals surface area (Å²) in [5, 5.41) is 0. The summed E-state index contributed by atoms with van der Waals surface area (Å²) >= 11 is 0. The molecule has 1 spiro atoms. The molecule has 1 aromatic rings. The maximum atomic E-state index is 13.1. The van der Waals surface area contributed by atoms with E-state index in [0.29, 0.717) is 19.4 Å². The van der Waals surface area contributed by atoms with Gasteiger partial charge in [0.25, 0.3) is 0 Å². The average Bonchev–Trinajstić information content (AvgIpc) is 3.09. The molecule has 3 aliphatic rings. The van der Waals surface area contributed by atoms with Crippen LogP contribution in [0.15, 0.2) is 24.3 Å².